The van der Waals surface area contributed by atoms with Gasteiger partial charge in [0, 0.05) is 16.3 Å². The largest absolute Gasteiger partial charge is 0.312 e. The summed E-state index contributed by atoms with van der Waals surface area (Å²) >= 11 is 1.84. The summed E-state index contributed by atoms with van der Waals surface area (Å²) in [6.07, 6.45) is 0. The molecule has 0 saturated heterocycles. The van der Waals surface area contributed by atoms with Gasteiger partial charge in [-0.1, -0.05) is 31.2 Å². The van der Waals surface area contributed by atoms with Crippen molar-refractivity contribution in [2.24, 2.45) is 5.92 Å². The highest BCUT2D eigenvalue weighted by Gasteiger charge is 2.06. The fourth-order valence-electron chi connectivity index (χ4n) is 2.27. The van der Waals surface area contributed by atoms with E-state index in [-0.39, 0.29) is 0 Å². The molecule has 1 N–H and O–H groups in total. The van der Waals surface area contributed by atoms with Crippen molar-refractivity contribution < 1.29 is 0 Å². The van der Waals surface area contributed by atoms with Gasteiger partial charge < -0.3 is 5.32 Å². The quantitative estimate of drug-likeness (QED) is 0.759. The van der Waals surface area contributed by atoms with Crippen LogP contribution in [0.25, 0.3) is 11.0 Å². The van der Waals surface area contributed by atoms with Crippen LogP contribution >= 0.6 is 11.3 Å². The Morgan fingerprint density at radius 3 is 2.81 bits per heavy atom. The number of rotatable bonds is 6. The predicted molar refractivity (Wildman–Crippen MR) is 87.5 cm³/mol. The van der Waals surface area contributed by atoms with E-state index in [1.54, 1.807) is 0 Å². The van der Waals surface area contributed by atoms with Crippen LogP contribution < -0.4 is 5.32 Å². The second-order valence-corrected chi connectivity index (χ2v) is 6.88. The van der Waals surface area contributed by atoms with Crippen LogP contribution in [0.2, 0.25) is 0 Å². The zero-order valence-electron chi connectivity index (χ0n) is 12.4. The lowest BCUT2D eigenvalue weighted by Gasteiger charge is -2.05. The van der Waals surface area contributed by atoms with Gasteiger partial charge in [-0.05, 0) is 36.7 Å². The molecule has 0 saturated carbocycles. The maximum atomic E-state index is 4.24. The number of nitrogens with one attached hydrogen (secondary N) is 1. The van der Waals surface area contributed by atoms with Crippen molar-refractivity contribution in [3.8, 4) is 0 Å². The van der Waals surface area contributed by atoms with E-state index in [9.17, 15) is 0 Å². The van der Waals surface area contributed by atoms with E-state index in [1.807, 2.05) is 34.2 Å². The Morgan fingerprint density at radius 1 is 1.14 bits per heavy atom. The number of fused-ring (bicyclic) bond motifs is 1. The van der Waals surface area contributed by atoms with Gasteiger partial charge in [-0.3, -0.25) is 0 Å². The van der Waals surface area contributed by atoms with Crippen LogP contribution in [0.5, 0.6) is 0 Å². The number of hydrogen-bond acceptors (Lipinski definition) is 4. The molecule has 3 aromatic rings. The molecule has 0 fully saturated rings. The summed E-state index contributed by atoms with van der Waals surface area (Å²) in [5.41, 5.74) is 2.04. The van der Waals surface area contributed by atoms with Crippen LogP contribution in [-0.2, 0) is 13.1 Å². The Hall–Kier alpha value is -1.72. The molecule has 0 aliphatic carbocycles. The Bertz CT molecular complexity index is 714. The number of para-hydroxylation sites is 1. The van der Waals surface area contributed by atoms with Crippen LogP contribution in [0.4, 0.5) is 0 Å². The Labute approximate surface area is 128 Å². The third-order valence-electron chi connectivity index (χ3n) is 3.29. The minimum atomic E-state index is 0.686. The Morgan fingerprint density at radius 2 is 1.95 bits per heavy atom. The van der Waals surface area contributed by atoms with Gasteiger partial charge in [0.15, 0.2) is 0 Å². The summed E-state index contributed by atoms with van der Waals surface area (Å²) in [5, 5.41) is 11.9. The van der Waals surface area contributed by atoms with Crippen molar-refractivity contribution in [3.05, 3.63) is 46.2 Å². The van der Waals surface area contributed by atoms with Gasteiger partial charge in [-0.25, -0.2) is 4.68 Å². The molecule has 0 amide bonds. The average Bonchev–Trinajstić information content (AvgIpc) is 3.07. The maximum absolute atomic E-state index is 4.24. The number of nitrogens with zero attached hydrogens (tertiary/aromatic N) is 3. The van der Waals surface area contributed by atoms with Crippen LogP contribution in [-0.4, -0.2) is 21.5 Å². The molecular weight excluding hydrogens is 280 g/mol. The molecule has 3 rings (SSSR count). The molecule has 110 valence electrons. The number of hydrogen-bond donors (Lipinski definition) is 1. The molecule has 0 atom stereocenters. The Kier molecular flexibility index (Phi) is 4.31. The summed E-state index contributed by atoms with van der Waals surface area (Å²) in [5.74, 6) is 0.686. The SMILES string of the molecule is CC(C)CNCc1ccc(Cn2nnc3ccccc32)s1. The lowest BCUT2D eigenvalue weighted by Crippen LogP contribution is -2.18. The number of thiophene rings is 1. The molecule has 0 spiro atoms. The molecule has 4 nitrogen and oxygen atoms in total. The Balaban J connectivity index is 1.67. The molecule has 2 aromatic heterocycles. The lowest BCUT2D eigenvalue weighted by atomic mass is 10.2. The van der Waals surface area contributed by atoms with Crippen LogP contribution in [0, 0.1) is 5.92 Å². The maximum Gasteiger partial charge on any atom is 0.113 e. The van der Waals surface area contributed by atoms with Crippen LogP contribution in [0.3, 0.4) is 0 Å². The van der Waals surface area contributed by atoms with Crippen molar-refractivity contribution in [1.82, 2.24) is 20.3 Å². The first-order chi connectivity index (χ1) is 10.2. The molecule has 0 radical (unpaired) electrons. The van der Waals surface area contributed by atoms with E-state index in [2.05, 4.69) is 47.7 Å². The fraction of sp³-hybridized carbons (Fsp3) is 0.375. The molecule has 0 bridgehead atoms. The van der Waals surface area contributed by atoms with Crippen molar-refractivity contribution in [3.63, 3.8) is 0 Å². The summed E-state index contributed by atoms with van der Waals surface area (Å²) in [6, 6.07) is 12.5. The van der Waals surface area contributed by atoms with Gasteiger partial charge in [0.2, 0.25) is 0 Å². The molecule has 5 heteroatoms. The third kappa shape index (κ3) is 3.49. The second kappa shape index (κ2) is 6.37. The van der Waals surface area contributed by atoms with Crippen molar-refractivity contribution in [1.29, 1.82) is 0 Å². The highest BCUT2D eigenvalue weighted by atomic mass is 32.1. The first-order valence-corrected chi connectivity index (χ1v) is 8.10. The van der Waals surface area contributed by atoms with Gasteiger partial charge >= 0.3 is 0 Å². The summed E-state index contributed by atoms with van der Waals surface area (Å²) in [4.78, 5) is 2.68. The standard InChI is InChI=1S/C16H20N4S/c1-12(2)9-17-10-13-7-8-14(21-13)11-20-16-6-4-3-5-15(16)18-19-20/h3-8,12,17H,9-11H2,1-2H3. The van der Waals surface area contributed by atoms with E-state index in [1.165, 1.54) is 9.75 Å². The molecule has 0 aliphatic heterocycles. The van der Waals surface area contributed by atoms with E-state index < -0.39 is 0 Å². The number of aromatic nitrogens is 3. The van der Waals surface area contributed by atoms with E-state index in [0.717, 1.165) is 30.7 Å². The van der Waals surface area contributed by atoms with Gasteiger partial charge in [0.25, 0.3) is 0 Å². The zero-order valence-corrected chi connectivity index (χ0v) is 13.2. The van der Waals surface area contributed by atoms with Crippen molar-refractivity contribution in [2.45, 2.75) is 26.9 Å². The van der Waals surface area contributed by atoms with E-state index in [4.69, 9.17) is 0 Å². The first kappa shape index (κ1) is 14.2. The van der Waals surface area contributed by atoms with Crippen LogP contribution in [0.1, 0.15) is 23.6 Å². The monoisotopic (exact) mass is 300 g/mol. The smallest absolute Gasteiger partial charge is 0.113 e. The lowest BCUT2D eigenvalue weighted by molar-refractivity contribution is 0.555. The molecule has 0 unspecified atom stereocenters. The van der Waals surface area contributed by atoms with Gasteiger partial charge in [-0.15, -0.1) is 16.4 Å². The normalized spacial score (nSPS) is 11.6. The number of benzene rings is 1. The van der Waals surface area contributed by atoms with Gasteiger partial charge in [0.1, 0.15) is 5.52 Å². The molecule has 2 heterocycles. The average molecular weight is 300 g/mol. The fourth-order valence-corrected chi connectivity index (χ4v) is 3.24. The highest BCUT2D eigenvalue weighted by molar-refractivity contribution is 7.11. The summed E-state index contributed by atoms with van der Waals surface area (Å²) in [7, 11) is 0. The molecule has 1 aromatic carbocycles. The minimum absolute atomic E-state index is 0.686. The topological polar surface area (TPSA) is 42.7 Å². The van der Waals surface area contributed by atoms with E-state index >= 15 is 0 Å². The van der Waals surface area contributed by atoms with Gasteiger partial charge in [-0.2, -0.15) is 0 Å². The highest BCUT2D eigenvalue weighted by Crippen LogP contribution is 2.19. The van der Waals surface area contributed by atoms with Crippen molar-refractivity contribution >= 4 is 22.4 Å². The molecule has 0 aliphatic rings. The molecular formula is C16H20N4S. The third-order valence-corrected chi connectivity index (χ3v) is 4.36. The summed E-state index contributed by atoms with van der Waals surface area (Å²) < 4.78 is 1.96. The van der Waals surface area contributed by atoms with E-state index in [0.29, 0.717) is 5.92 Å². The molecule has 21 heavy (non-hydrogen) atoms. The first-order valence-electron chi connectivity index (χ1n) is 7.29. The second-order valence-electron chi connectivity index (χ2n) is 5.63. The van der Waals surface area contributed by atoms with Crippen LogP contribution in [0.15, 0.2) is 36.4 Å². The summed E-state index contributed by atoms with van der Waals surface area (Å²) in [6.45, 7) is 7.24. The van der Waals surface area contributed by atoms with Gasteiger partial charge in [0.05, 0.1) is 12.1 Å². The zero-order chi connectivity index (χ0) is 14.7. The minimum Gasteiger partial charge on any atom is -0.312 e. The predicted octanol–water partition coefficient (Wildman–Crippen LogP) is 3.29. The van der Waals surface area contributed by atoms with Crippen molar-refractivity contribution in [2.75, 3.05) is 6.54 Å².